The lowest BCUT2D eigenvalue weighted by Crippen LogP contribution is -2.58. The van der Waals surface area contributed by atoms with E-state index in [1.807, 2.05) is 0 Å². The Balaban J connectivity index is 2.69. The number of halogens is 3. The third-order valence-electron chi connectivity index (χ3n) is 3.38. The van der Waals surface area contributed by atoms with Gasteiger partial charge in [0.15, 0.2) is 0 Å². The molecular formula is C11H22F3N3O3S. The molecule has 21 heavy (non-hydrogen) atoms. The SMILES string of the molecule is COCC(C)S(=O)(=O)NCC(N1CCNCC1)C(F)(F)F. The highest BCUT2D eigenvalue weighted by Crippen LogP contribution is 2.25. The van der Waals surface area contributed by atoms with Gasteiger partial charge in [-0.2, -0.15) is 13.2 Å². The molecule has 0 amide bonds. The van der Waals surface area contributed by atoms with E-state index in [4.69, 9.17) is 4.74 Å². The van der Waals surface area contributed by atoms with Gasteiger partial charge in [-0.25, -0.2) is 13.1 Å². The summed E-state index contributed by atoms with van der Waals surface area (Å²) in [6.07, 6.45) is -4.48. The Kier molecular flexibility index (Phi) is 6.85. The Labute approximate surface area is 123 Å². The van der Waals surface area contributed by atoms with Gasteiger partial charge in [0.05, 0.1) is 11.9 Å². The molecule has 0 radical (unpaired) electrons. The van der Waals surface area contributed by atoms with E-state index in [0.717, 1.165) is 0 Å². The predicted octanol–water partition coefficient (Wildman–Crippen LogP) is -0.223. The largest absolute Gasteiger partial charge is 0.405 e. The quantitative estimate of drug-likeness (QED) is 0.674. The molecule has 126 valence electrons. The van der Waals surface area contributed by atoms with Crippen LogP contribution in [0.2, 0.25) is 0 Å². The summed E-state index contributed by atoms with van der Waals surface area (Å²) >= 11 is 0. The Morgan fingerprint density at radius 1 is 1.33 bits per heavy atom. The minimum Gasteiger partial charge on any atom is -0.383 e. The molecule has 10 heteroatoms. The van der Waals surface area contributed by atoms with Crippen LogP contribution in [0.15, 0.2) is 0 Å². The Morgan fingerprint density at radius 2 is 1.90 bits per heavy atom. The molecule has 1 fully saturated rings. The van der Waals surface area contributed by atoms with E-state index in [9.17, 15) is 21.6 Å². The standard InChI is InChI=1S/C11H22F3N3O3S/c1-9(8-20-2)21(18,19)16-7-10(11(12,13)14)17-5-3-15-4-6-17/h9-10,15-16H,3-8H2,1-2H3. The third-order valence-corrected chi connectivity index (χ3v) is 5.14. The summed E-state index contributed by atoms with van der Waals surface area (Å²) in [5, 5.41) is 2.06. The van der Waals surface area contributed by atoms with Crippen LogP contribution in [-0.4, -0.2) is 77.2 Å². The number of sulfonamides is 1. The topological polar surface area (TPSA) is 70.7 Å². The second-order valence-corrected chi connectivity index (χ2v) is 7.19. The summed E-state index contributed by atoms with van der Waals surface area (Å²) in [7, 11) is -2.50. The molecule has 0 aromatic rings. The summed E-state index contributed by atoms with van der Waals surface area (Å²) < 4.78 is 69.8. The number of rotatable bonds is 7. The highest BCUT2D eigenvalue weighted by molar-refractivity contribution is 7.90. The van der Waals surface area contributed by atoms with Crippen LogP contribution < -0.4 is 10.0 Å². The second-order valence-electron chi connectivity index (χ2n) is 5.00. The number of hydrogen-bond donors (Lipinski definition) is 2. The van der Waals surface area contributed by atoms with Gasteiger partial charge in [0, 0.05) is 39.8 Å². The lowest BCUT2D eigenvalue weighted by molar-refractivity contribution is -0.182. The monoisotopic (exact) mass is 333 g/mol. The van der Waals surface area contributed by atoms with E-state index in [0.29, 0.717) is 13.1 Å². The van der Waals surface area contributed by atoms with Crippen molar-refractivity contribution < 1.29 is 26.3 Å². The van der Waals surface area contributed by atoms with Crippen molar-refractivity contribution in [2.75, 3.05) is 46.4 Å². The lowest BCUT2D eigenvalue weighted by Gasteiger charge is -2.36. The van der Waals surface area contributed by atoms with Crippen molar-refractivity contribution in [3.8, 4) is 0 Å². The smallest absolute Gasteiger partial charge is 0.383 e. The fourth-order valence-electron chi connectivity index (χ4n) is 2.11. The van der Waals surface area contributed by atoms with E-state index in [-0.39, 0.29) is 19.7 Å². The molecule has 0 bridgehead atoms. The summed E-state index contributed by atoms with van der Waals surface area (Å²) in [6.45, 7) is 2.02. The van der Waals surface area contributed by atoms with Crippen LogP contribution in [0.3, 0.4) is 0 Å². The van der Waals surface area contributed by atoms with Gasteiger partial charge >= 0.3 is 6.18 Å². The zero-order valence-electron chi connectivity index (χ0n) is 12.1. The molecule has 0 aromatic carbocycles. The lowest BCUT2D eigenvalue weighted by atomic mass is 10.2. The van der Waals surface area contributed by atoms with Crippen molar-refractivity contribution in [1.29, 1.82) is 0 Å². The van der Waals surface area contributed by atoms with E-state index < -0.39 is 34.0 Å². The van der Waals surface area contributed by atoms with Crippen molar-refractivity contribution in [3.63, 3.8) is 0 Å². The van der Waals surface area contributed by atoms with Gasteiger partial charge in [0.1, 0.15) is 6.04 Å². The van der Waals surface area contributed by atoms with Gasteiger partial charge in [-0.15, -0.1) is 0 Å². The highest BCUT2D eigenvalue weighted by atomic mass is 32.2. The average molecular weight is 333 g/mol. The summed E-state index contributed by atoms with van der Waals surface area (Å²) in [5.41, 5.74) is 0. The normalized spacial score (nSPS) is 21.2. The first-order valence-electron chi connectivity index (χ1n) is 6.67. The molecule has 1 heterocycles. The summed E-state index contributed by atoms with van der Waals surface area (Å²) in [4.78, 5) is 1.25. The van der Waals surface area contributed by atoms with Crippen LogP contribution >= 0.6 is 0 Å². The maximum atomic E-state index is 13.1. The zero-order valence-corrected chi connectivity index (χ0v) is 12.9. The molecule has 6 nitrogen and oxygen atoms in total. The third kappa shape index (κ3) is 5.70. The summed E-state index contributed by atoms with van der Waals surface area (Å²) in [6, 6.07) is -1.82. The van der Waals surface area contributed by atoms with E-state index in [1.54, 1.807) is 0 Å². The van der Waals surface area contributed by atoms with E-state index >= 15 is 0 Å². The molecular weight excluding hydrogens is 311 g/mol. The van der Waals surface area contributed by atoms with Gasteiger partial charge in [-0.1, -0.05) is 0 Å². The average Bonchev–Trinajstić information content (AvgIpc) is 2.38. The summed E-state index contributed by atoms with van der Waals surface area (Å²) in [5.74, 6) is 0. The molecule has 1 aliphatic rings. The first-order chi connectivity index (χ1) is 9.68. The maximum Gasteiger partial charge on any atom is 0.405 e. The van der Waals surface area contributed by atoms with Crippen molar-refractivity contribution in [2.24, 2.45) is 0 Å². The molecule has 0 spiro atoms. The Hall–Kier alpha value is -0.420. The van der Waals surface area contributed by atoms with Crippen LogP contribution in [0.1, 0.15) is 6.92 Å². The number of nitrogens with one attached hydrogen (secondary N) is 2. The maximum absolute atomic E-state index is 13.1. The Morgan fingerprint density at radius 3 is 2.38 bits per heavy atom. The number of piperazine rings is 1. The second kappa shape index (κ2) is 7.73. The number of hydrogen-bond acceptors (Lipinski definition) is 5. The molecule has 1 aliphatic heterocycles. The fraction of sp³-hybridized carbons (Fsp3) is 1.00. The van der Waals surface area contributed by atoms with Gasteiger partial charge in [0.2, 0.25) is 10.0 Å². The van der Waals surface area contributed by atoms with Crippen molar-refractivity contribution >= 4 is 10.0 Å². The van der Waals surface area contributed by atoms with Crippen LogP contribution in [-0.2, 0) is 14.8 Å². The molecule has 2 atom stereocenters. The number of nitrogens with zero attached hydrogens (tertiary/aromatic N) is 1. The van der Waals surface area contributed by atoms with E-state index in [2.05, 4.69) is 10.0 Å². The number of methoxy groups -OCH3 is 1. The number of alkyl halides is 3. The van der Waals surface area contributed by atoms with Crippen LogP contribution in [0, 0.1) is 0 Å². The molecule has 1 rings (SSSR count). The molecule has 2 N–H and O–H groups in total. The van der Waals surface area contributed by atoms with Crippen molar-refractivity contribution in [1.82, 2.24) is 14.9 Å². The van der Waals surface area contributed by atoms with Gasteiger partial charge < -0.3 is 10.1 Å². The minimum atomic E-state index is -4.48. The molecule has 2 unspecified atom stereocenters. The molecule has 1 saturated heterocycles. The number of ether oxygens (including phenoxy) is 1. The van der Waals surface area contributed by atoms with Crippen LogP contribution in [0.4, 0.5) is 13.2 Å². The fourth-order valence-corrected chi connectivity index (χ4v) is 3.10. The Bertz CT molecular complexity index is 411. The zero-order chi connectivity index (χ0) is 16.1. The molecule has 0 aromatic heterocycles. The highest BCUT2D eigenvalue weighted by Gasteiger charge is 2.44. The van der Waals surface area contributed by atoms with E-state index in [1.165, 1.54) is 18.9 Å². The van der Waals surface area contributed by atoms with Gasteiger partial charge in [0.25, 0.3) is 0 Å². The van der Waals surface area contributed by atoms with Crippen molar-refractivity contribution in [2.45, 2.75) is 24.4 Å². The van der Waals surface area contributed by atoms with Gasteiger partial charge in [-0.05, 0) is 6.92 Å². The molecule has 0 aliphatic carbocycles. The molecule has 0 saturated carbocycles. The first-order valence-corrected chi connectivity index (χ1v) is 8.22. The van der Waals surface area contributed by atoms with Gasteiger partial charge in [-0.3, -0.25) is 4.90 Å². The minimum absolute atomic E-state index is 0.0698. The van der Waals surface area contributed by atoms with Crippen molar-refractivity contribution in [3.05, 3.63) is 0 Å². The first kappa shape index (κ1) is 18.6. The van der Waals surface area contributed by atoms with Crippen LogP contribution in [0.5, 0.6) is 0 Å². The van der Waals surface area contributed by atoms with Crippen LogP contribution in [0.25, 0.3) is 0 Å². The predicted molar refractivity (Wildman–Crippen MR) is 72.5 cm³/mol.